The molecule has 2 aromatic carbocycles. The lowest BCUT2D eigenvalue weighted by molar-refractivity contribution is -0.123. The Balaban J connectivity index is 2.02. The monoisotopic (exact) mass is 314 g/mol. The van der Waals surface area contributed by atoms with Crippen molar-refractivity contribution in [1.29, 1.82) is 0 Å². The van der Waals surface area contributed by atoms with E-state index in [2.05, 4.69) is 10.9 Å². The van der Waals surface area contributed by atoms with E-state index in [-0.39, 0.29) is 17.4 Å². The summed E-state index contributed by atoms with van der Waals surface area (Å²) < 4.78 is 13.5. The quantitative estimate of drug-likeness (QED) is 0.833. The van der Waals surface area contributed by atoms with Gasteiger partial charge in [-0.2, -0.15) is 0 Å². The topological polar surface area (TPSA) is 58.2 Å². The third-order valence-corrected chi connectivity index (χ3v) is 3.51. The molecule has 0 unspecified atom stereocenters. The smallest absolute Gasteiger partial charge is 0.272 e. The van der Waals surface area contributed by atoms with Gasteiger partial charge in [-0.1, -0.05) is 55.8 Å². The number of halogens is 1. The van der Waals surface area contributed by atoms with Crippen molar-refractivity contribution in [2.24, 2.45) is 0 Å². The van der Waals surface area contributed by atoms with Gasteiger partial charge in [-0.25, -0.2) is 4.39 Å². The van der Waals surface area contributed by atoms with E-state index in [9.17, 15) is 14.0 Å². The number of nitrogens with one attached hydrogen (secondary N) is 2. The SMILES string of the molecule is CCC[C@@H](C(=O)NNC(=O)c1ccccc1F)c1ccccc1. The van der Waals surface area contributed by atoms with Crippen molar-refractivity contribution in [3.63, 3.8) is 0 Å². The lowest BCUT2D eigenvalue weighted by Gasteiger charge is -2.17. The predicted octanol–water partition coefficient (Wildman–Crippen LogP) is 3.17. The highest BCUT2D eigenvalue weighted by Crippen LogP contribution is 2.21. The Labute approximate surface area is 134 Å². The molecule has 2 aromatic rings. The lowest BCUT2D eigenvalue weighted by atomic mass is 9.94. The van der Waals surface area contributed by atoms with Crippen molar-refractivity contribution in [1.82, 2.24) is 10.9 Å². The van der Waals surface area contributed by atoms with Crippen molar-refractivity contribution >= 4 is 11.8 Å². The molecule has 23 heavy (non-hydrogen) atoms. The molecule has 4 nitrogen and oxygen atoms in total. The summed E-state index contributed by atoms with van der Waals surface area (Å²) in [7, 11) is 0. The van der Waals surface area contributed by atoms with Crippen molar-refractivity contribution in [3.05, 3.63) is 71.5 Å². The first kappa shape index (κ1) is 16.7. The summed E-state index contributed by atoms with van der Waals surface area (Å²) >= 11 is 0. The van der Waals surface area contributed by atoms with E-state index < -0.39 is 11.7 Å². The van der Waals surface area contributed by atoms with Gasteiger partial charge >= 0.3 is 0 Å². The molecule has 120 valence electrons. The Hall–Kier alpha value is -2.69. The number of carbonyl (C=O) groups is 2. The molecule has 0 heterocycles. The maximum atomic E-state index is 13.5. The molecule has 0 radical (unpaired) electrons. The van der Waals surface area contributed by atoms with Crippen molar-refractivity contribution in [3.8, 4) is 0 Å². The van der Waals surface area contributed by atoms with Crippen molar-refractivity contribution in [2.45, 2.75) is 25.7 Å². The van der Waals surface area contributed by atoms with Gasteiger partial charge in [0, 0.05) is 0 Å². The molecular formula is C18H19FN2O2. The second-order valence-corrected chi connectivity index (χ2v) is 5.18. The van der Waals surface area contributed by atoms with Gasteiger partial charge < -0.3 is 0 Å². The van der Waals surface area contributed by atoms with Crippen LogP contribution in [0.25, 0.3) is 0 Å². The van der Waals surface area contributed by atoms with Crippen LogP contribution in [0.2, 0.25) is 0 Å². The van der Waals surface area contributed by atoms with Crippen LogP contribution in [0.5, 0.6) is 0 Å². The fourth-order valence-electron chi connectivity index (χ4n) is 2.34. The van der Waals surface area contributed by atoms with E-state index in [0.717, 1.165) is 12.0 Å². The second-order valence-electron chi connectivity index (χ2n) is 5.18. The van der Waals surface area contributed by atoms with Gasteiger partial charge in [0.1, 0.15) is 5.82 Å². The van der Waals surface area contributed by atoms with E-state index in [0.29, 0.717) is 6.42 Å². The zero-order valence-corrected chi connectivity index (χ0v) is 12.9. The number of amides is 2. The minimum Gasteiger partial charge on any atom is -0.273 e. The molecule has 2 rings (SSSR count). The van der Waals surface area contributed by atoms with E-state index in [1.165, 1.54) is 18.2 Å². The summed E-state index contributed by atoms with van der Waals surface area (Å²) in [6, 6.07) is 15.0. The van der Waals surface area contributed by atoms with Crippen LogP contribution in [-0.4, -0.2) is 11.8 Å². The standard InChI is InChI=1S/C18H19FN2O2/c1-2-8-14(13-9-4-3-5-10-13)17(22)20-21-18(23)15-11-6-7-12-16(15)19/h3-7,9-12,14H,2,8H2,1H3,(H,20,22)(H,21,23)/t14-/m1/s1. The van der Waals surface area contributed by atoms with Gasteiger partial charge in [0.15, 0.2) is 0 Å². The molecule has 0 aromatic heterocycles. The molecule has 0 aliphatic rings. The third kappa shape index (κ3) is 4.39. The second kappa shape index (κ2) is 8.08. The van der Waals surface area contributed by atoms with Crippen LogP contribution in [-0.2, 0) is 4.79 Å². The molecule has 0 fully saturated rings. The van der Waals surface area contributed by atoms with Crippen LogP contribution < -0.4 is 10.9 Å². The molecule has 0 saturated heterocycles. The number of hydrogen-bond acceptors (Lipinski definition) is 2. The summed E-state index contributed by atoms with van der Waals surface area (Å²) in [6.07, 6.45) is 1.49. The molecule has 0 aliphatic heterocycles. The molecule has 0 saturated carbocycles. The minimum atomic E-state index is -0.681. The van der Waals surface area contributed by atoms with Crippen LogP contribution in [0.3, 0.4) is 0 Å². The Bertz CT molecular complexity index is 674. The Morgan fingerprint density at radius 1 is 1.00 bits per heavy atom. The molecule has 1 atom stereocenters. The van der Waals surface area contributed by atoms with Gasteiger partial charge in [-0.3, -0.25) is 20.4 Å². The normalized spacial score (nSPS) is 11.6. The summed E-state index contributed by atoms with van der Waals surface area (Å²) in [5.74, 6) is -1.99. The first-order valence-electron chi connectivity index (χ1n) is 7.53. The predicted molar refractivity (Wildman–Crippen MR) is 86.1 cm³/mol. The van der Waals surface area contributed by atoms with Crippen LogP contribution in [0.15, 0.2) is 54.6 Å². The number of hydrazine groups is 1. The zero-order valence-electron chi connectivity index (χ0n) is 12.9. The van der Waals surface area contributed by atoms with E-state index >= 15 is 0 Å². The summed E-state index contributed by atoms with van der Waals surface area (Å²) in [5.41, 5.74) is 5.43. The highest BCUT2D eigenvalue weighted by molar-refractivity contribution is 5.96. The van der Waals surface area contributed by atoms with Gasteiger partial charge in [0.25, 0.3) is 5.91 Å². The summed E-state index contributed by atoms with van der Waals surface area (Å²) in [5, 5.41) is 0. The molecule has 5 heteroatoms. The zero-order chi connectivity index (χ0) is 16.7. The molecule has 0 spiro atoms. The fourth-order valence-corrected chi connectivity index (χ4v) is 2.34. The maximum Gasteiger partial charge on any atom is 0.272 e. The lowest BCUT2D eigenvalue weighted by Crippen LogP contribution is -2.44. The first-order valence-corrected chi connectivity index (χ1v) is 7.53. The van der Waals surface area contributed by atoms with Crippen molar-refractivity contribution < 1.29 is 14.0 Å². The van der Waals surface area contributed by atoms with Crippen LogP contribution in [0.1, 0.15) is 41.6 Å². The third-order valence-electron chi connectivity index (χ3n) is 3.51. The number of hydrogen-bond donors (Lipinski definition) is 2. The Morgan fingerprint density at radius 3 is 2.30 bits per heavy atom. The average molecular weight is 314 g/mol. The largest absolute Gasteiger partial charge is 0.273 e. The van der Waals surface area contributed by atoms with Crippen molar-refractivity contribution in [2.75, 3.05) is 0 Å². The van der Waals surface area contributed by atoms with Gasteiger partial charge in [0.2, 0.25) is 5.91 Å². The number of carbonyl (C=O) groups excluding carboxylic acids is 2. The molecule has 0 aliphatic carbocycles. The summed E-state index contributed by atoms with van der Waals surface area (Å²) in [4.78, 5) is 24.3. The van der Waals surface area contributed by atoms with Gasteiger partial charge in [0.05, 0.1) is 11.5 Å². The molecule has 0 bridgehead atoms. The Morgan fingerprint density at radius 2 is 1.65 bits per heavy atom. The highest BCUT2D eigenvalue weighted by Gasteiger charge is 2.20. The molecule has 2 amide bonds. The van der Waals surface area contributed by atoms with Crippen LogP contribution >= 0.6 is 0 Å². The van der Waals surface area contributed by atoms with Crippen LogP contribution in [0, 0.1) is 5.82 Å². The van der Waals surface area contributed by atoms with E-state index in [1.54, 1.807) is 6.07 Å². The average Bonchev–Trinajstić information content (AvgIpc) is 2.58. The molecular weight excluding hydrogens is 295 g/mol. The fraction of sp³-hybridized carbons (Fsp3) is 0.222. The summed E-state index contributed by atoms with van der Waals surface area (Å²) in [6.45, 7) is 1.99. The number of benzene rings is 2. The van der Waals surface area contributed by atoms with Gasteiger partial charge in [-0.05, 0) is 24.1 Å². The number of rotatable bonds is 5. The molecule has 2 N–H and O–H groups in total. The highest BCUT2D eigenvalue weighted by atomic mass is 19.1. The maximum absolute atomic E-state index is 13.5. The Kier molecular flexibility index (Phi) is 5.86. The van der Waals surface area contributed by atoms with Crippen LogP contribution in [0.4, 0.5) is 4.39 Å². The van der Waals surface area contributed by atoms with E-state index in [4.69, 9.17) is 0 Å². The van der Waals surface area contributed by atoms with E-state index in [1.807, 2.05) is 37.3 Å². The first-order chi connectivity index (χ1) is 11.1. The minimum absolute atomic E-state index is 0.112. The van der Waals surface area contributed by atoms with Gasteiger partial charge in [-0.15, -0.1) is 0 Å².